The molecule has 2 rings (SSSR count). The van der Waals surface area contributed by atoms with Crippen molar-refractivity contribution in [1.82, 2.24) is 4.90 Å². The molecule has 1 heterocycles. The number of benzene rings is 1. The van der Waals surface area contributed by atoms with E-state index >= 15 is 0 Å². The first kappa shape index (κ1) is 19.6. The Morgan fingerprint density at radius 2 is 1.96 bits per heavy atom. The van der Waals surface area contributed by atoms with Gasteiger partial charge in [-0.25, -0.2) is 9.59 Å². The summed E-state index contributed by atoms with van der Waals surface area (Å²) in [5.74, 6) is 0.339. The van der Waals surface area contributed by atoms with Gasteiger partial charge in [-0.15, -0.1) is 0 Å². The molecule has 1 N–H and O–H groups in total. The Kier molecular flexibility index (Phi) is 6.38. The lowest BCUT2D eigenvalue weighted by Crippen LogP contribution is -2.68. The summed E-state index contributed by atoms with van der Waals surface area (Å²) in [7, 11) is 0. The summed E-state index contributed by atoms with van der Waals surface area (Å²) in [6.45, 7) is 6.32. The number of amides is 1. The van der Waals surface area contributed by atoms with E-state index in [1.807, 2.05) is 51.1 Å². The highest BCUT2D eigenvalue weighted by Gasteiger charge is 2.58. The Balaban J connectivity index is 2.26. The zero-order valence-electron chi connectivity index (χ0n) is 15.2. The molecule has 1 fully saturated rings. The summed E-state index contributed by atoms with van der Waals surface area (Å²) < 4.78 is 5.48. The Labute approximate surface area is 153 Å². The molecular weight excluding hydrogens is 338 g/mol. The molecule has 1 aliphatic rings. The van der Waals surface area contributed by atoms with Gasteiger partial charge in [-0.2, -0.15) is 11.8 Å². The second kappa shape index (κ2) is 8.13. The second-order valence-corrected chi connectivity index (χ2v) is 8.15. The number of ether oxygens (including phenoxy) is 1. The summed E-state index contributed by atoms with van der Waals surface area (Å²) in [5, 5.41) is 10.1. The van der Waals surface area contributed by atoms with Crippen LogP contribution in [0, 0.1) is 5.41 Å². The van der Waals surface area contributed by atoms with Crippen LogP contribution in [0.4, 0.5) is 4.79 Å². The highest BCUT2D eigenvalue weighted by molar-refractivity contribution is 7.99. The van der Waals surface area contributed by atoms with E-state index in [9.17, 15) is 14.7 Å². The molecule has 1 unspecified atom stereocenters. The molecule has 1 atom stereocenters. The number of rotatable bonds is 6. The van der Waals surface area contributed by atoms with Crippen molar-refractivity contribution in [2.75, 3.05) is 18.1 Å². The van der Waals surface area contributed by atoms with Crippen molar-refractivity contribution in [2.45, 2.75) is 45.8 Å². The van der Waals surface area contributed by atoms with Gasteiger partial charge in [0.2, 0.25) is 0 Å². The van der Waals surface area contributed by atoms with E-state index in [1.165, 1.54) is 4.90 Å². The van der Waals surface area contributed by atoms with Crippen LogP contribution in [0.3, 0.4) is 0 Å². The molecule has 0 aliphatic carbocycles. The first-order valence-corrected chi connectivity index (χ1v) is 9.80. The normalized spacial score (nSPS) is 22.2. The lowest BCUT2D eigenvalue weighted by molar-refractivity contribution is -0.158. The first-order chi connectivity index (χ1) is 11.8. The average Bonchev–Trinajstić information content (AvgIpc) is 2.58. The number of aliphatic carboxylic acids is 1. The van der Waals surface area contributed by atoms with Crippen molar-refractivity contribution in [3.63, 3.8) is 0 Å². The third kappa shape index (κ3) is 3.94. The van der Waals surface area contributed by atoms with Gasteiger partial charge in [-0.05, 0) is 24.2 Å². The molecule has 6 heteroatoms. The van der Waals surface area contributed by atoms with Crippen molar-refractivity contribution in [2.24, 2.45) is 5.41 Å². The summed E-state index contributed by atoms with van der Waals surface area (Å²) >= 11 is 1.59. The lowest BCUT2D eigenvalue weighted by Gasteiger charge is -2.52. The fourth-order valence-corrected chi connectivity index (χ4v) is 5.08. The van der Waals surface area contributed by atoms with Crippen molar-refractivity contribution < 1.29 is 19.4 Å². The monoisotopic (exact) mass is 365 g/mol. The van der Waals surface area contributed by atoms with Gasteiger partial charge in [0.1, 0.15) is 6.61 Å². The van der Waals surface area contributed by atoms with Gasteiger partial charge < -0.3 is 9.84 Å². The van der Waals surface area contributed by atoms with E-state index in [0.29, 0.717) is 18.7 Å². The van der Waals surface area contributed by atoms with E-state index in [2.05, 4.69) is 0 Å². The highest BCUT2D eigenvalue weighted by Crippen LogP contribution is 2.46. The maximum Gasteiger partial charge on any atom is 0.411 e. The van der Waals surface area contributed by atoms with E-state index in [4.69, 9.17) is 4.74 Å². The van der Waals surface area contributed by atoms with Crippen LogP contribution < -0.4 is 0 Å². The van der Waals surface area contributed by atoms with E-state index in [-0.39, 0.29) is 6.61 Å². The van der Waals surface area contributed by atoms with Crippen LogP contribution in [-0.2, 0) is 16.1 Å². The van der Waals surface area contributed by atoms with E-state index in [1.54, 1.807) is 11.8 Å². The summed E-state index contributed by atoms with van der Waals surface area (Å²) in [6, 6.07) is 9.42. The first-order valence-electron chi connectivity index (χ1n) is 8.64. The number of carbonyl (C=O) groups excluding carboxylic acids is 1. The zero-order chi connectivity index (χ0) is 18.5. The van der Waals surface area contributed by atoms with Gasteiger partial charge in [-0.3, -0.25) is 4.90 Å². The molecule has 1 aromatic rings. The molecule has 1 saturated heterocycles. The van der Waals surface area contributed by atoms with Crippen LogP contribution >= 0.6 is 11.8 Å². The topological polar surface area (TPSA) is 66.8 Å². The van der Waals surface area contributed by atoms with Crippen LogP contribution in [-0.4, -0.2) is 45.7 Å². The quantitative estimate of drug-likeness (QED) is 0.825. The number of carboxylic acids is 1. The summed E-state index contributed by atoms with van der Waals surface area (Å²) in [4.78, 5) is 26.6. The minimum atomic E-state index is -1.25. The lowest BCUT2D eigenvalue weighted by atomic mass is 9.69. The molecule has 0 radical (unpaired) electrons. The van der Waals surface area contributed by atoms with Gasteiger partial charge in [0.05, 0.1) is 0 Å². The number of nitrogens with zero attached hydrogens (tertiary/aromatic N) is 1. The highest BCUT2D eigenvalue weighted by atomic mass is 32.2. The molecule has 5 nitrogen and oxygen atoms in total. The maximum atomic E-state index is 12.8. The van der Waals surface area contributed by atoms with Gasteiger partial charge in [0.25, 0.3) is 0 Å². The number of thioether (sulfide) groups is 1. The molecular formula is C19H27NO4S. The van der Waals surface area contributed by atoms with Gasteiger partial charge in [0.15, 0.2) is 5.54 Å². The zero-order valence-corrected chi connectivity index (χ0v) is 16.0. The van der Waals surface area contributed by atoms with Crippen molar-refractivity contribution in [3.05, 3.63) is 35.9 Å². The summed E-state index contributed by atoms with van der Waals surface area (Å²) in [6.07, 6.45) is 0.871. The van der Waals surface area contributed by atoms with Crippen LogP contribution in [0.1, 0.15) is 39.2 Å². The Bertz CT molecular complexity index is 605. The third-order valence-electron chi connectivity index (χ3n) is 4.99. The molecule has 0 aromatic heterocycles. The fraction of sp³-hybridized carbons (Fsp3) is 0.579. The molecule has 0 saturated carbocycles. The number of hydrogen-bond donors (Lipinski definition) is 1. The van der Waals surface area contributed by atoms with Crippen molar-refractivity contribution in [1.29, 1.82) is 0 Å². The van der Waals surface area contributed by atoms with E-state index < -0.39 is 23.0 Å². The fourth-order valence-electron chi connectivity index (χ4n) is 3.32. The third-order valence-corrected chi connectivity index (χ3v) is 6.10. The van der Waals surface area contributed by atoms with Gasteiger partial charge >= 0.3 is 12.1 Å². The average molecular weight is 365 g/mol. The Morgan fingerprint density at radius 1 is 1.28 bits per heavy atom. The van der Waals surface area contributed by atoms with Gasteiger partial charge in [-0.1, -0.05) is 51.1 Å². The van der Waals surface area contributed by atoms with E-state index in [0.717, 1.165) is 17.7 Å². The van der Waals surface area contributed by atoms with Crippen molar-refractivity contribution in [3.8, 4) is 0 Å². The Morgan fingerprint density at radius 3 is 2.52 bits per heavy atom. The van der Waals surface area contributed by atoms with Gasteiger partial charge in [0, 0.05) is 17.7 Å². The molecule has 1 aromatic carbocycles. The Hall–Kier alpha value is -1.69. The second-order valence-electron chi connectivity index (χ2n) is 7.04. The van der Waals surface area contributed by atoms with Crippen LogP contribution in [0.15, 0.2) is 30.3 Å². The standard InChI is InChI=1S/C19H27NO4S/c1-4-11-20(17(23)24-13-15-8-6-5-7-9-15)19(16(21)22)14-25-12-10-18(19,2)3/h5-9H,4,10-14H2,1-3H3,(H,21,22). The number of carboxylic acid groups (broad SMARTS) is 1. The minimum Gasteiger partial charge on any atom is -0.479 e. The number of hydrogen-bond acceptors (Lipinski definition) is 4. The van der Waals surface area contributed by atoms with Crippen LogP contribution in [0.5, 0.6) is 0 Å². The van der Waals surface area contributed by atoms with Crippen molar-refractivity contribution >= 4 is 23.8 Å². The predicted octanol–water partition coefficient (Wildman–Crippen LogP) is 4.02. The number of carbonyl (C=O) groups is 2. The van der Waals surface area contributed by atoms with Crippen LogP contribution in [0.25, 0.3) is 0 Å². The molecule has 1 amide bonds. The molecule has 138 valence electrons. The molecule has 25 heavy (non-hydrogen) atoms. The van der Waals surface area contributed by atoms with Crippen LogP contribution in [0.2, 0.25) is 0 Å². The molecule has 1 aliphatic heterocycles. The largest absolute Gasteiger partial charge is 0.479 e. The molecule has 0 bridgehead atoms. The minimum absolute atomic E-state index is 0.142. The SMILES string of the molecule is CCCN(C(=O)OCc1ccccc1)C1(C(=O)O)CSCCC1(C)C. The smallest absolute Gasteiger partial charge is 0.411 e. The maximum absolute atomic E-state index is 12.8. The predicted molar refractivity (Wildman–Crippen MR) is 99.7 cm³/mol. The summed E-state index contributed by atoms with van der Waals surface area (Å²) in [5.41, 5.74) is -0.890. The molecule has 0 spiro atoms.